The van der Waals surface area contributed by atoms with Crippen LogP contribution in [-0.2, 0) is 6.54 Å². The van der Waals surface area contributed by atoms with Gasteiger partial charge >= 0.3 is 0 Å². The monoisotopic (exact) mass is 421 g/mol. The molecule has 0 spiro atoms. The fourth-order valence-corrected chi connectivity index (χ4v) is 4.06. The molecule has 0 radical (unpaired) electrons. The molecule has 3 heterocycles. The van der Waals surface area contributed by atoms with Crippen LogP contribution in [0, 0.1) is 0 Å². The van der Waals surface area contributed by atoms with E-state index in [9.17, 15) is 9.59 Å². The number of hydrogen-bond donors (Lipinski definition) is 0. The number of fused-ring (bicyclic) bond motifs is 2. The summed E-state index contributed by atoms with van der Waals surface area (Å²) in [4.78, 5) is 28.3. The highest BCUT2D eigenvalue weighted by molar-refractivity contribution is 6.31. The minimum atomic E-state index is -0.646. The Bertz CT molecular complexity index is 1330. The van der Waals surface area contributed by atoms with Crippen molar-refractivity contribution in [2.75, 3.05) is 7.11 Å². The normalized spacial score (nSPS) is 15.6. The lowest BCUT2D eigenvalue weighted by molar-refractivity contribution is 0.0701. The molecule has 150 valence electrons. The Kier molecular flexibility index (Phi) is 4.37. The molecule has 6 nitrogen and oxygen atoms in total. The quantitative estimate of drug-likeness (QED) is 0.473. The van der Waals surface area contributed by atoms with E-state index in [1.807, 2.05) is 18.2 Å². The van der Waals surface area contributed by atoms with Crippen LogP contribution in [0.5, 0.6) is 5.75 Å². The maximum Gasteiger partial charge on any atom is 0.291 e. The van der Waals surface area contributed by atoms with Gasteiger partial charge in [-0.05, 0) is 48.0 Å². The Hall–Kier alpha value is -3.51. The lowest BCUT2D eigenvalue weighted by Crippen LogP contribution is -2.29. The number of furan rings is 1. The van der Waals surface area contributed by atoms with Gasteiger partial charge in [0.2, 0.25) is 5.76 Å². The van der Waals surface area contributed by atoms with Gasteiger partial charge in [-0.1, -0.05) is 23.7 Å². The summed E-state index contributed by atoms with van der Waals surface area (Å²) in [7, 11) is 1.57. The molecule has 0 aliphatic carbocycles. The zero-order valence-corrected chi connectivity index (χ0v) is 16.7. The number of nitrogens with zero attached hydrogens (tertiary/aromatic N) is 1. The summed E-state index contributed by atoms with van der Waals surface area (Å²) >= 11 is 6.10. The first-order valence-corrected chi connectivity index (χ1v) is 9.68. The molecule has 0 saturated heterocycles. The second-order valence-corrected chi connectivity index (χ2v) is 7.44. The number of benzene rings is 2. The summed E-state index contributed by atoms with van der Waals surface area (Å²) < 4.78 is 16.7. The molecular weight excluding hydrogens is 406 g/mol. The van der Waals surface area contributed by atoms with E-state index in [4.69, 9.17) is 25.2 Å². The first kappa shape index (κ1) is 18.5. The summed E-state index contributed by atoms with van der Waals surface area (Å²) in [6, 6.07) is 15.0. The molecule has 0 bridgehead atoms. The number of carbonyl (C=O) groups is 1. The lowest BCUT2D eigenvalue weighted by atomic mass is 9.98. The predicted molar refractivity (Wildman–Crippen MR) is 111 cm³/mol. The van der Waals surface area contributed by atoms with Crippen LogP contribution in [0.25, 0.3) is 11.0 Å². The molecule has 2 aromatic heterocycles. The first-order valence-electron chi connectivity index (χ1n) is 9.30. The molecule has 5 rings (SSSR count). The maximum absolute atomic E-state index is 13.5. The van der Waals surface area contributed by atoms with Crippen LogP contribution in [0.1, 0.15) is 33.5 Å². The van der Waals surface area contributed by atoms with Crippen molar-refractivity contribution in [1.29, 1.82) is 0 Å². The van der Waals surface area contributed by atoms with E-state index in [0.717, 1.165) is 5.56 Å². The van der Waals surface area contributed by atoms with Crippen LogP contribution in [0.2, 0.25) is 5.02 Å². The SMILES string of the molecule is COc1cccc(C2c3c(oc4ccc(Cl)cc4c3=O)C(=O)N2Cc2ccco2)c1. The van der Waals surface area contributed by atoms with Crippen molar-refractivity contribution in [3.05, 3.63) is 98.8 Å². The molecule has 7 heteroatoms. The van der Waals surface area contributed by atoms with Gasteiger partial charge < -0.3 is 18.5 Å². The minimum Gasteiger partial charge on any atom is -0.497 e. The van der Waals surface area contributed by atoms with Crippen molar-refractivity contribution in [3.8, 4) is 5.75 Å². The number of rotatable bonds is 4. The Labute approximate surface area is 176 Å². The van der Waals surface area contributed by atoms with Gasteiger partial charge in [0.15, 0.2) is 5.43 Å². The van der Waals surface area contributed by atoms with Gasteiger partial charge in [0.05, 0.1) is 36.9 Å². The van der Waals surface area contributed by atoms with Crippen LogP contribution in [0.4, 0.5) is 0 Å². The molecule has 1 aliphatic heterocycles. The van der Waals surface area contributed by atoms with Crippen molar-refractivity contribution < 1.29 is 18.4 Å². The van der Waals surface area contributed by atoms with E-state index < -0.39 is 6.04 Å². The third kappa shape index (κ3) is 2.88. The Balaban J connectivity index is 1.76. The molecule has 1 amide bonds. The van der Waals surface area contributed by atoms with Crippen molar-refractivity contribution in [1.82, 2.24) is 4.90 Å². The fraction of sp³-hybridized carbons (Fsp3) is 0.130. The van der Waals surface area contributed by atoms with Gasteiger partial charge in [-0.25, -0.2) is 0 Å². The second-order valence-electron chi connectivity index (χ2n) is 7.01. The zero-order chi connectivity index (χ0) is 20.8. The van der Waals surface area contributed by atoms with Crippen LogP contribution < -0.4 is 10.2 Å². The molecule has 0 fully saturated rings. The van der Waals surface area contributed by atoms with Gasteiger partial charge in [0, 0.05) is 5.02 Å². The van der Waals surface area contributed by atoms with Gasteiger partial charge in [-0.3, -0.25) is 9.59 Å². The van der Waals surface area contributed by atoms with Crippen molar-refractivity contribution in [2.24, 2.45) is 0 Å². The number of halogens is 1. The highest BCUT2D eigenvalue weighted by Crippen LogP contribution is 2.40. The number of carbonyl (C=O) groups excluding carboxylic acids is 1. The highest BCUT2D eigenvalue weighted by atomic mass is 35.5. The van der Waals surface area contributed by atoms with Gasteiger partial charge in [-0.2, -0.15) is 0 Å². The summed E-state index contributed by atoms with van der Waals surface area (Å²) in [5.41, 5.74) is 1.06. The topological polar surface area (TPSA) is 72.9 Å². The van der Waals surface area contributed by atoms with E-state index in [-0.39, 0.29) is 29.2 Å². The standard InChI is InChI=1S/C23H16ClNO5/c1-28-15-5-2-4-13(10-15)20-19-21(26)17-11-14(24)7-8-18(17)30-22(19)23(27)25(20)12-16-6-3-9-29-16/h2-11,20H,12H2,1H3. The molecule has 1 unspecified atom stereocenters. The van der Waals surface area contributed by atoms with E-state index in [0.29, 0.717) is 27.5 Å². The van der Waals surface area contributed by atoms with Crippen LogP contribution in [-0.4, -0.2) is 17.9 Å². The average molecular weight is 422 g/mol. The number of amides is 1. The summed E-state index contributed by atoms with van der Waals surface area (Å²) in [6.45, 7) is 0.189. The molecule has 1 atom stereocenters. The molecule has 0 N–H and O–H groups in total. The lowest BCUT2D eigenvalue weighted by Gasteiger charge is -2.24. The summed E-state index contributed by atoms with van der Waals surface area (Å²) in [6.07, 6.45) is 1.54. The second kappa shape index (κ2) is 7.07. The molecule has 30 heavy (non-hydrogen) atoms. The summed E-state index contributed by atoms with van der Waals surface area (Å²) in [5.74, 6) is 0.890. The maximum atomic E-state index is 13.5. The Morgan fingerprint density at radius 3 is 2.73 bits per heavy atom. The predicted octanol–water partition coefficient (Wildman–Crippen LogP) is 4.79. The third-order valence-corrected chi connectivity index (χ3v) is 5.48. The largest absolute Gasteiger partial charge is 0.497 e. The molecule has 2 aromatic carbocycles. The minimum absolute atomic E-state index is 0.0363. The van der Waals surface area contributed by atoms with Gasteiger partial charge in [0.25, 0.3) is 5.91 Å². The van der Waals surface area contributed by atoms with E-state index >= 15 is 0 Å². The van der Waals surface area contributed by atoms with E-state index in [1.54, 1.807) is 54.7 Å². The Morgan fingerprint density at radius 1 is 1.10 bits per heavy atom. The van der Waals surface area contributed by atoms with Crippen molar-refractivity contribution in [3.63, 3.8) is 0 Å². The van der Waals surface area contributed by atoms with Crippen molar-refractivity contribution in [2.45, 2.75) is 12.6 Å². The van der Waals surface area contributed by atoms with Crippen LogP contribution in [0.15, 0.2) is 74.5 Å². The zero-order valence-electron chi connectivity index (χ0n) is 15.9. The molecule has 0 saturated carbocycles. The smallest absolute Gasteiger partial charge is 0.291 e. The molecular formula is C23H16ClNO5. The molecule has 4 aromatic rings. The third-order valence-electron chi connectivity index (χ3n) is 5.24. The van der Waals surface area contributed by atoms with E-state index in [2.05, 4.69) is 0 Å². The molecule has 1 aliphatic rings. The first-order chi connectivity index (χ1) is 14.6. The van der Waals surface area contributed by atoms with Crippen molar-refractivity contribution >= 4 is 28.5 Å². The van der Waals surface area contributed by atoms with Gasteiger partial charge in [-0.15, -0.1) is 0 Å². The Morgan fingerprint density at radius 2 is 1.97 bits per heavy atom. The number of ether oxygens (including phenoxy) is 1. The average Bonchev–Trinajstić information content (AvgIpc) is 3.36. The summed E-state index contributed by atoms with van der Waals surface area (Å²) in [5, 5.41) is 0.756. The van der Waals surface area contributed by atoms with E-state index in [1.165, 1.54) is 0 Å². The number of hydrogen-bond acceptors (Lipinski definition) is 5. The van der Waals surface area contributed by atoms with Gasteiger partial charge in [0.1, 0.15) is 17.1 Å². The highest BCUT2D eigenvalue weighted by Gasteiger charge is 2.43. The van der Waals surface area contributed by atoms with Crippen LogP contribution in [0.3, 0.4) is 0 Å². The fourth-order valence-electron chi connectivity index (χ4n) is 3.88. The van der Waals surface area contributed by atoms with Crippen LogP contribution >= 0.6 is 11.6 Å². The number of methoxy groups -OCH3 is 1.